The first-order chi connectivity index (χ1) is 16.4. The van der Waals surface area contributed by atoms with Crippen LogP contribution in [0.1, 0.15) is 51.5 Å². The average Bonchev–Trinajstić information content (AvgIpc) is 3.29. The van der Waals surface area contributed by atoms with Crippen molar-refractivity contribution < 1.29 is 19.1 Å². The summed E-state index contributed by atoms with van der Waals surface area (Å²) in [5.74, 6) is -1.42. The van der Waals surface area contributed by atoms with Crippen LogP contribution in [0, 0.1) is 0 Å². The normalized spacial score (nSPS) is 17.3. The molecule has 0 fully saturated rings. The van der Waals surface area contributed by atoms with Crippen LogP contribution >= 0.6 is 0 Å². The van der Waals surface area contributed by atoms with E-state index in [1.165, 1.54) is 23.9 Å². The number of imidazole rings is 1. The van der Waals surface area contributed by atoms with E-state index in [-0.39, 0.29) is 30.4 Å². The third kappa shape index (κ3) is 4.31. The number of hydrogen-bond donors (Lipinski definition) is 1. The lowest BCUT2D eigenvalue weighted by molar-refractivity contribution is -0.133. The Morgan fingerprint density at radius 3 is 2.38 bits per heavy atom. The van der Waals surface area contributed by atoms with E-state index in [1.54, 1.807) is 11.5 Å². The van der Waals surface area contributed by atoms with Crippen LogP contribution in [0.15, 0.2) is 60.9 Å². The number of carbonyl (C=O) groups excluding carboxylic acids is 3. The Morgan fingerprint density at radius 2 is 1.74 bits per heavy atom. The summed E-state index contributed by atoms with van der Waals surface area (Å²) in [6.45, 7) is 4.53. The molecule has 4 rings (SSSR count). The topological polar surface area (TPSA) is 93.5 Å². The van der Waals surface area contributed by atoms with Crippen molar-refractivity contribution in [3.8, 4) is 0 Å². The number of ether oxygens (including phenoxy) is 1. The number of aryl methyl sites for hydroxylation is 1. The van der Waals surface area contributed by atoms with Crippen molar-refractivity contribution in [1.82, 2.24) is 19.8 Å². The summed E-state index contributed by atoms with van der Waals surface area (Å²) < 4.78 is 6.37. The summed E-state index contributed by atoms with van der Waals surface area (Å²) in [7, 11) is 1.25. The molecule has 0 saturated heterocycles. The van der Waals surface area contributed by atoms with Gasteiger partial charge in [-0.2, -0.15) is 0 Å². The van der Waals surface area contributed by atoms with Crippen molar-refractivity contribution in [2.45, 2.75) is 45.4 Å². The number of nitrogens with one attached hydrogen (secondary N) is 1. The summed E-state index contributed by atoms with van der Waals surface area (Å²) >= 11 is 0. The Kier molecular flexibility index (Phi) is 6.49. The molecule has 2 aromatic carbocycles. The molecule has 1 aliphatic rings. The number of hydrogen-bond acceptors (Lipinski definition) is 5. The van der Waals surface area contributed by atoms with Gasteiger partial charge in [-0.1, -0.05) is 61.5 Å². The van der Waals surface area contributed by atoms with Crippen molar-refractivity contribution >= 4 is 17.8 Å². The van der Waals surface area contributed by atoms with Gasteiger partial charge >= 0.3 is 5.97 Å². The van der Waals surface area contributed by atoms with Crippen LogP contribution in [0.2, 0.25) is 0 Å². The van der Waals surface area contributed by atoms with Gasteiger partial charge < -0.3 is 19.5 Å². The zero-order chi connectivity index (χ0) is 24.3. The molecule has 2 heterocycles. The molecule has 1 aromatic heterocycles. The minimum Gasteiger partial charge on any atom is -0.464 e. The van der Waals surface area contributed by atoms with Crippen molar-refractivity contribution in [2.75, 3.05) is 7.11 Å². The standard InChI is InChI=1S/C26H28N4O4/c1-4-18-10-12-20(13-11-18)15-30-23(31)22-21(24(32)34-3)28-17-29(22)16-26(30,2)25(33)27-14-19-8-6-5-7-9-19/h5-13,17H,4,14-16H2,1-3H3,(H,27,33)/t26-/m1/s1. The summed E-state index contributed by atoms with van der Waals surface area (Å²) in [4.78, 5) is 45.1. The fourth-order valence-electron chi connectivity index (χ4n) is 4.21. The molecule has 2 amide bonds. The third-order valence-corrected chi connectivity index (χ3v) is 6.30. The molecule has 34 heavy (non-hydrogen) atoms. The molecule has 1 atom stereocenters. The van der Waals surface area contributed by atoms with E-state index in [0.717, 1.165) is 17.5 Å². The average molecular weight is 461 g/mol. The fourth-order valence-corrected chi connectivity index (χ4v) is 4.21. The Balaban J connectivity index is 1.69. The predicted molar refractivity (Wildman–Crippen MR) is 126 cm³/mol. The molecule has 0 spiro atoms. The minimum absolute atomic E-state index is 0.0504. The number of fused-ring (bicyclic) bond motifs is 1. The second-order valence-corrected chi connectivity index (χ2v) is 8.56. The van der Waals surface area contributed by atoms with Crippen molar-refractivity contribution in [1.29, 1.82) is 0 Å². The lowest BCUT2D eigenvalue weighted by Gasteiger charge is -2.43. The van der Waals surface area contributed by atoms with Gasteiger partial charge in [-0.25, -0.2) is 9.78 Å². The van der Waals surface area contributed by atoms with Gasteiger partial charge in [-0.15, -0.1) is 0 Å². The van der Waals surface area contributed by atoms with Crippen molar-refractivity contribution in [3.63, 3.8) is 0 Å². The van der Waals surface area contributed by atoms with E-state index >= 15 is 0 Å². The van der Waals surface area contributed by atoms with E-state index < -0.39 is 17.4 Å². The van der Waals surface area contributed by atoms with Crippen LogP contribution < -0.4 is 5.32 Å². The number of methoxy groups -OCH3 is 1. The highest BCUT2D eigenvalue weighted by molar-refractivity contribution is 6.06. The van der Waals surface area contributed by atoms with Crippen molar-refractivity contribution in [2.24, 2.45) is 0 Å². The van der Waals surface area contributed by atoms with Gasteiger partial charge in [-0.3, -0.25) is 9.59 Å². The van der Waals surface area contributed by atoms with Crippen LogP contribution in [0.5, 0.6) is 0 Å². The SMILES string of the molecule is CCc1ccc(CN2C(=O)c3c(C(=O)OC)ncn3C[C@]2(C)C(=O)NCc2ccccc2)cc1. The lowest BCUT2D eigenvalue weighted by Crippen LogP contribution is -2.63. The maximum atomic E-state index is 13.7. The number of benzene rings is 2. The van der Waals surface area contributed by atoms with Gasteiger partial charge in [0.25, 0.3) is 5.91 Å². The van der Waals surface area contributed by atoms with Gasteiger partial charge in [0.1, 0.15) is 11.2 Å². The first kappa shape index (κ1) is 23.2. The van der Waals surface area contributed by atoms with E-state index in [0.29, 0.717) is 6.54 Å². The Hall–Kier alpha value is -3.94. The highest BCUT2D eigenvalue weighted by Gasteiger charge is 2.48. The molecule has 0 unspecified atom stereocenters. The van der Waals surface area contributed by atoms with E-state index in [1.807, 2.05) is 54.6 Å². The summed E-state index contributed by atoms with van der Waals surface area (Å²) in [6.07, 6.45) is 2.32. The second-order valence-electron chi connectivity index (χ2n) is 8.56. The van der Waals surface area contributed by atoms with E-state index in [4.69, 9.17) is 4.74 Å². The Morgan fingerprint density at radius 1 is 1.06 bits per heavy atom. The van der Waals surface area contributed by atoms with Gasteiger partial charge in [0, 0.05) is 13.1 Å². The summed E-state index contributed by atoms with van der Waals surface area (Å²) in [5.41, 5.74) is 1.91. The molecule has 1 aliphatic heterocycles. The van der Waals surface area contributed by atoms with Crippen LogP contribution in [0.3, 0.4) is 0 Å². The molecule has 0 radical (unpaired) electrons. The Labute approximate surface area is 198 Å². The first-order valence-corrected chi connectivity index (χ1v) is 11.2. The summed E-state index contributed by atoms with van der Waals surface area (Å²) in [5, 5.41) is 2.98. The quantitative estimate of drug-likeness (QED) is 0.547. The van der Waals surface area contributed by atoms with Crippen LogP contribution in [-0.2, 0) is 35.6 Å². The fraction of sp³-hybridized carbons (Fsp3) is 0.308. The summed E-state index contributed by atoms with van der Waals surface area (Å²) in [6, 6.07) is 17.5. The predicted octanol–water partition coefficient (Wildman–Crippen LogP) is 2.96. The molecule has 176 valence electrons. The van der Waals surface area contributed by atoms with Gasteiger partial charge in [0.05, 0.1) is 20.0 Å². The number of carbonyl (C=O) groups is 3. The molecule has 0 saturated carbocycles. The number of nitrogens with zero attached hydrogens (tertiary/aromatic N) is 3. The number of rotatable bonds is 7. The molecule has 1 N–H and O–H groups in total. The first-order valence-electron chi connectivity index (χ1n) is 11.2. The molecular weight excluding hydrogens is 432 g/mol. The number of esters is 1. The zero-order valence-corrected chi connectivity index (χ0v) is 19.6. The van der Waals surface area contributed by atoms with Gasteiger partial charge in [0.15, 0.2) is 5.69 Å². The molecule has 3 aromatic rings. The van der Waals surface area contributed by atoms with Crippen molar-refractivity contribution in [3.05, 3.63) is 89.0 Å². The zero-order valence-electron chi connectivity index (χ0n) is 19.6. The van der Waals surface area contributed by atoms with E-state index in [2.05, 4.69) is 17.2 Å². The van der Waals surface area contributed by atoms with Crippen LogP contribution in [0.25, 0.3) is 0 Å². The largest absolute Gasteiger partial charge is 0.464 e. The van der Waals surface area contributed by atoms with Crippen LogP contribution in [-0.4, -0.2) is 44.9 Å². The maximum Gasteiger partial charge on any atom is 0.359 e. The molecule has 8 heteroatoms. The maximum absolute atomic E-state index is 13.7. The number of aromatic nitrogens is 2. The van der Waals surface area contributed by atoms with E-state index in [9.17, 15) is 14.4 Å². The Bertz CT molecular complexity index is 1200. The second kappa shape index (κ2) is 9.51. The third-order valence-electron chi connectivity index (χ3n) is 6.30. The van der Waals surface area contributed by atoms with Gasteiger partial charge in [-0.05, 0) is 30.0 Å². The smallest absolute Gasteiger partial charge is 0.359 e. The lowest BCUT2D eigenvalue weighted by atomic mass is 9.93. The molecule has 8 nitrogen and oxygen atoms in total. The molecular formula is C26H28N4O4. The molecule has 0 aliphatic carbocycles. The highest BCUT2D eigenvalue weighted by atomic mass is 16.5. The monoisotopic (exact) mass is 460 g/mol. The molecule has 0 bridgehead atoms. The highest BCUT2D eigenvalue weighted by Crippen LogP contribution is 2.31. The van der Waals surface area contributed by atoms with Gasteiger partial charge in [0.2, 0.25) is 5.91 Å². The van der Waals surface area contributed by atoms with Crippen LogP contribution in [0.4, 0.5) is 0 Å². The number of amides is 2. The minimum atomic E-state index is -1.20.